The number of benzene rings is 1. The zero-order valence-corrected chi connectivity index (χ0v) is 11.6. The van der Waals surface area contributed by atoms with Gasteiger partial charge in [-0.05, 0) is 49.2 Å². The first-order valence-electron chi connectivity index (χ1n) is 6.53. The highest BCUT2D eigenvalue weighted by atomic mass is 19.1. The monoisotopic (exact) mass is 258 g/mol. The molecule has 0 amide bonds. The van der Waals surface area contributed by atoms with Gasteiger partial charge in [0.25, 0.3) is 0 Å². The number of hydrogen-bond acceptors (Lipinski definition) is 2. The third-order valence-electron chi connectivity index (χ3n) is 3.32. The van der Waals surface area contributed by atoms with Gasteiger partial charge in [-0.1, -0.05) is 25.1 Å². The van der Waals surface area contributed by atoms with Gasteiger partial charge < -0.3 is 5.32 Å². The molecule has 19 heavy (non-hydrogen) atoms. The van der Waals surface area contributed by atoms with Crippen LogP contribution in [0.15, 0.2) is 36.5 Å². The van der Waals surface area contributed by atoms with Crippen molar-refractivity contribution in [3.05, 3.63) is 64.7 Å². The summed E-state index contributed by atoms with van der Waals surface area (Å²) in [5.41, 5.74) is 4.52. The molecule has 1 N–H and O–H groups in total. The zero-order valence-electron chi connectivity index (χ0n) is 11.6. The lowest BCUT2D eigenvalue weighted by Gasteiger charge is -2.19. The van der Waals surface area contributed by atoms with Crippen LogP contribution in [0, 0.1) is 19.7 Å². The van der Waals surface area contributed by atoms with Gasteiger partial charge in [0.2, 0.25) is 0 Å². The van der Waals surface area contributed by atoms with Crippen molar-refractivity contribution in [2.75, 3.05) is 6.54 Å². The maximum Gasteiger partial charge on any atom is 0.141 e. The number of hydrogen-bond donors (Lipinski definition) is 1. The first kappa shape index (κ1) is 13.7. The van der Waals surface area contributed by atoms with Crippen LogP contribution in [0.2, 0.25) is 0 Å². The van der Waals surface area contributed by atoms with Gasteiger partial charge in [-0.25, -0.2) is 4.39 Å². The van der Waals surface area contributed by atoms with Crippen molar-refractivity contribution in [3.63, 3.8) is 0 Å². The maximum atomic E-state index is 13.0. The number of nitrogens with one attached hydrogen (secondary N) is 1. The average molecular weight is 258 g/mol. The predicted molar refractivity (Wildman–Crippen MR) is 75.6 cm³/mol. The van der Waals surface area contributed by atoms with E-state index in [4.69, 9.17) is 0 Å². The van der Waals surface area contributed by atoms with Gasteiger partial charge in [0.1, 0.15) is 5.82 Å². The molecule has 2 aromatic rings. The Morgan fingerprint density at radius 1 is 1.16 bits per heavy atom. The second kappa shape index (κ2) is 5.93. The third kappa shape index (κ3) is 3.18. The molecule has 1 atom stereocenters. The van der Waals surface area contributed by atoms with Crippen LogP contribution in [-0.4, -0.2) is 11.5 Å². The molecule has 0 bridgehead atoms. The van der Waals surface area contributed by atoms with E-state index in [-0.39, 0.29) is 11.9 Å². The molecule has 0 fully saturated rings. The van der Waals surface area contributed by atoms with E-state index in [1.54, 1.807) is 6.07 Å². The summed E-state index contributed by atoms with van der Waals surface area (Å²) in [7, 11) is 0. The van der Waals surface area contributed by atoms with E-state index >= 15 is 0 Å². The zero-order chi connectivity index (χ0) is 13.8. The molecule has 3 heteroatoms. The number of nitrogens with zero attached hydrogens (tertiary/aromatic N) is 1. The van der Waals surface area contributed by atoms with Crippen molar-refractivity contribution < 1.29 is 4.39 Å². The summed E-state index contributed by atoms with van der Waals surface area (Å²) in [5, 5.41) is 3.40. The first-order chi connectivity index (χ1) is 9.11. The van der Waals surface area contributed by atoms with Crippen LogP contribution < -0.4 is 5.32 Å². The Labute approximate surface area is 113 Å². The molecule has 1 unspecified atom stereocenters. The molecular formula is C16H19FN2. The van der Waals surface area contributed by atoms with Crippen LogP contribution in [0.5, 0.6) is 0 Å². The molecule has 0 radical (unpaired) electrons. The third-order valence-corrected chi connectivity index (χ3v) is 3.32. The molecule has 2 rings (SSSR count). The summed E-state index contributed by atoms with van der Waals surface area (Å²) < 4.78 is 13.0. The Kier molecular flexibility index (Phi) is 4.27. The SMILES string of the molecule is CCNC(c1ccc(C)c(C)c1)c1ccc(F)cn1. The van der Waals surface area contributed by atoms with Gasteiger partial charge in [0.05, 0.1) is 17.9 Å². The average Bonchev–Trinajstić information content (AvgIpc) is 2.41. The van der Waals surface area contributed by atoms with Crippen molar-refractivity contribution in [3.8, 4) is 0 Å². The van der Waals surface area contributed by atoms with E-state index < -0.39 is 0 Å². The Hall–Kier alpha value is -1.74. The minimum Gasteiger partial charge on any atom is -0.305 e. The van der Waals surface area contributed by atoms with Crippen molar-refractivity contribution in [2.45, 2.75) is 26.8 Å². The van der Waals surface area contributed by atoms with E-state index in [9.17, 15) is 4.39 Å². The number of pyridine rings is 1. The van der Waals surface area contributed by atoms with Gasteiger partial charge in [0.15, 0.2) is 0 Å². The summed E-state index contributed by atoms with van der Waals surface area (Å²) in [5.74, 6) is -0.306. The van der Waals surface area contributed by atoms with E-state index in [0.717, 1.165) is 17.8 Å². The van der Waals surface area contributed by atoms with Crippen molar-refractivity contribution in [2.24, 2.45) is 0 Å². The molecule has 100 valence electrons. The standard InChI is InChI=1S/C16H19FN2/c1-4-18-16(15-8-7-14(17)10-19-15)13-6-5-11(2)12(3)9-13/h5-10,16,18H,4H2,1-3H3. The smallest absolute Gasteiger partial charge is 0.141 e. The summed E-state index contributed by atoms with van der Waals surface area (Å²) in [6.45, 7) is 7.08. The molecule has 1 aromatic carbocycles. The molecule has 0 saturated heterocycles. The molecule has 0 aliphatic heterocycles. The van der Waals surface area contributed by atoms with Gasteiger partial charge in [-0.15, -0.1) is 0 Å². The fourth-order valence-electron chi connectivity index (χ4n) is 2.10. The highest BCUT2D eigenvalue weighted by molar-refractivity contribution is 5.35. The van der Waals surface area contributed by atoms with Gasteiger partial charge in [-0.3, -0.25) is 4.98 Å². The quantitative estimate of drug-likeness (QED) is 0.907. The molecular weight excluding hydrogens is 239 g/mol. The lowest BCUT2D eigenvalue weighted by molar-refractivity contribution is 0.594. The normalized spacial score (nSPS) is 12.4. The van der Waals surface area contributed by atoms with Gasteiger partial charge in [-0.2, -0.15) is 0 Å². The molecule has 0 saturated carbocycles. The number of halogens is 1. The van der Waals surface area contributed by atoms with Crippen LogP contribution >= 0.6 is 0 Å². The number of aryl methyl sites for hydroxylation is 2. The first-order valence-corrected chi connectivity index (χ1v) is 6.53. The van der Waals surface area contributed by atoms with Crippen LogP contribution in [0.1, 0.15) is 35.3 Å². The Morgan fingerprint density at radius 3 is 2.53 bits per heavy atom. The fourth-order valence-corrected chi connectivity index (χ4v) is 2.10. The second-order valence-electron chi connectivity index (χ2n) is 4.74. The second-order valence-corrected chi connectivity index (χ2v) is 4.74. The van der Waals surface area contributed by atoms with E-state index in [0.29, 0.717) is 0 Å². The minimum absolute atomic E-state index is 0.00454. The summed E-state index contributed by atoms with van der Waals surface area (Å²) in [6, 6.07) is 9.56. The van der Waals surface area contributed by atoms with Crippen LogP contribution in [0.25, 0.3) is 0 Å². The van der Waals surface area contributed by atoms with Crippen LogP contribution in [0.3, 0.4) is 0 Å². The molecule has 2 nitrogen and oxygen atoms in total. The fraction of sp³-hybridized carbons (Fsp3) is 0.312. The highest BCUT2D eigenvalue weighted by Crippen LogP contribution is 2.22. The number of rotatable bonds is 4. The molecule has 1 heterocycles. The Balaban J connectivity index is 2.38. The molecule has 1 aromatic heterocycles. The molecule has 0 spiro atoms. The molecule has 0 aliphatic carbocycles. The van der Waals surface area contributed by atoms with Crippen LogP contribution in [-0.2, 0) is 0 Å². The van der Waals surface area contributed by atoms with Crippen molar-refractivity contribution >= 4 is 0 Å². The van der Waals surface area contributed by atoms with E-state index in [2.05, 4.69) is 49.3 Å². The lowest BCUT2D eigenvalue weighted by atomic mass is 9.98. The Bertz CT molecular complexity index is 549. The highest BCUT2D eigenvalue weighted by Gasteiger charge is 2.14. The van der Waals surface area contributed by atoms with E-state index in [1.165, 1.54) is 23.4 Å². The topological polar surface area (TPSA) is 24.9 Å². The number of aromatic nitrogens is 1. The van der Waals surface area contributed by atoms with Gasteiger partial charge >= 0.3 is 0 Å². The molecule has 0 aliphatic rings. The summed E-state index contributed by atoms with van der Waals surface area (Å²) in [6.07, 6.45) is 1.26. The predicted octanol–water partition coefficient (Wildman–Crippen LogP) is 3.54. The minimum atomic E-state index is -0.306. The lowest BCUT2D eigenvalue weighted by Crippen LogP contribution is -2.23. The van der Waals surface area contributed by atoms with Crippen molar-refractivity contribution in [1.82, 2.24) is 10.3 Å². The maximum absolute atomic E-state index is 13.0. The largest absolute Gasteiger partial charge is 0.305 e. The summed E-state index contributed by atoms with van der Waals surface area (Å²) in [4.78, 5) is 4.19. The van der Waals surface area contributed by atoms with Crippen LogP contribution in [0.4, 0.5) is 4.39 Å². The van der Waals surface area contributed by atoms with Crippen molar-refractivity contribution in [1.29, 1.82) is 0 Å². The Morgan fingerprint density at radius 2 is 1.95 bits per heavy atom. The summed E-state index contributed by atoms with van der Waals surface area (Å²) >= 11 is 0. The van der Waals surface area contributed by atoms with E-state index in [1.807, 2.05) is 0 Å². The van der Waals surface area contributed by atoms with Gasteiger partial charge in [0, 0.05) is 0 Å².